The van der Waals surface area contributed by atoms with Crippen molar-refractivity contribution in [2.75, 3.05) is 5.88 Å². The first-order valence-corrected chi connectivity index (χ1v) is 4.18. The fourth-order valence-electron chi connectivity index (χ4n) is 0.828. The third-order valence-electron chi connectivity index (χ3n) is 1.54. The highest BCUT2D eigenvalue weighted by atomic mass is 35.5. The molecule has 0 aromatic carbocycles. The Balaban J connectivity index is 2.71. The summed E-state index contributed by atoms with van der Waals surface area (Å²) in [4.78, 5) is 0. The second kappa shape index (κ2) is 4.24. The second-order valence-electron chi connectivity index (χ2n) is 2.35. The van der Waals surface area contributed by atoms with Crippen LogP contribution in [0.25, 0.3) is 6.08 Å². The molecule has 1 aromatic rings. The van der Waals surface area contributed by atoms with Gasteiger partial charge in [-0.3, -0.25) is 0 Å². The highest BCUT2D eigenvalue weighted by molar-refractivity contribution is 6.19. The van der Waals surface area contributed by atoms with Crippen molar-refractivity contribution in [1.29, 1.82) is 0 Å². The van der Waals surface area contributed by atoms with Gasteiger partial charge in [0.15, 0.2) is 0 Å². The van der Waals surface area contributed by atoms with Crippen molar-refractivity contribution in [3.63, 3.8) is 0 Å². The molecule has 60 valence electrons. The quantitative estimate of drug-likeness (QED) is 0.635. The predicted molar refractivity (Wildman–Crippen MR) is 47.7 cm³/mol. The van der Waals surface area contributed by atoms with Gasteiger partial charge in [0.2, 0.25) is 0 Å². The molecular weight excluding hydrogens is 160 g/mol. The molecule has 0 saturated heterocycles. The van der Waals surface area contributed by atoms with Crippen molar-refractivity contribution in [3.05, 3.63) is 29.7 Å². The lowest BCUT2D eigenvalue weighted by Crippen LogP contribution is -1.80. The molecule has 0 fully saturated rings. The largest absolute Gasteiger partial charge is 0.472 e. The van der Waals surface area contributed by atoms with E-state index in [4.69, 9.17) is 16.0 Å². The zero-order valence-electron chi connectivity index (χ0n) is 6.51. The van der Waals surface area contributed by atoms with E-state index in [1.165, 1.54) is 5.57 Å². The Hall–Kier alpha value is -0.690. The minimum Gasteiger partial charge on any atom is -0.472 e. The van der Waals surface area contributed by atoms with Crippen LogP contribution in [0.1, 0.15) is 18.9 Å². The highest BCUT2D eigenvalue weighted by Crippen LogP contribution is 2.10. The van der Waals surface area contributed by atoms with Gasteiger partial charge < -0.3 is 4.42 Å². The molecule has 0 aliphatic rings. The predicted octanol–water partition coefficient (Wildman–Crippen LogP) is 3.31. The number of alkyl halides is 1. The summed E-state index contributed by atoms with van der Waals surface area (Å²) >= 11 is 5.69. The Morgan fingerprint density at radius 1 is 1.73 bits per heavy atom. The van der Waals surface area contributed by atoms with Crippen molar-refractivity contribution in [1.82, 2.24) is 0 Å². The van der Waals surface area contributed by atoms with Crippen LogP contribution in [0.4, 0.5) is 0 Å². The maximum atomic E-state index is 5.69. The van der Waals surface area contributed by atoms with Crippen molar-refractivity contribution in [2.45, 2.75) is 13.3 Å². The molecule has 0 aliphatic carbocycles. The number of halogens is 1. The van der Waals surface area contributed by atoms with Gasteiger partial charge in [-0.05, 0) is 12.5 Å². The molecule has 0 radical (unpaired) electrons. The molecule has 0 N–H and O–H groups in total. The highest BCUT2D eigenvalue weighted by Gasteiger charge is 1.93. The number of hydrogen-bond acceptors (Lipinski definition) is 1. The standard InChI is InChI=1S/C9H11ClO/c1-2-8(6-10)5-9-3-4-11-7-9/h3-5,7H,2,6H2,1H3. The fraction of sp³-hybridized carbons (Fsp3) is 0.333. The van der Waals surface area contributed by atoms with Gasteiger partial charge in [-0.2, -0.15) is 0 Å². The zero-order valence-corrected chi connectivity index (χ0v) is 7.27. The van der Waals surface area contributed by atoms with Crippen molar-refractivity contribution in [2.24, 2.45) is 0 Å². The molecular formula is C9H11ClO. The number of allylic oxidation sites excluding steroid dienone is 1. The molecule has 0 saturated carbocycles. The van der Waals surface area contributed by atoms with Gasteiger partial charge >= 0.3 is 0 Å². The van der Waals surface area contributed by atoms with Gasteiger partial charge in [0, 0.05) is 11.4 Å². The average molecular weight is 171 g/mol. The number of furan rings is 1. The summed E-state index contributed by atoms with van der Waals surface area (Å²) in [7, 11) is 0. The van der Waals surface area contributed by atoms with Gasteiger partial charge in [0.1, 0.15) is 0 Å². The molecule has 0 aliphatic heterocycles. The first-order chi connectivity index (χ1) is 5.36. The summed E-state index contributed by atoms with van der Waals surface area (Å²) in [6.45, 7) is 2.09. The van der Waals surface area contributed by atoms with Crippen LogP contribution in [0, 0.1) is 0 Å². The van der Waals surface area contributed by atoms with E-state index in [9.17, 15) is 0 Å². The van der Waals surface area contributed by atoms with Gasteiger partial charge in [0.25, 0.3) is 0 Å². The van der Waals surface area contributed by atoms with Crippen LogP contribution < -0.4 is 0 Å². The summed E-state index contributed by atoms with van der Waals surface area (Å²) in [5.41, 5.74) is 2.32. The van der Waals surface area contributed by atoms with Crippen LogP contribution in [0.3, 0.4) is 0 Å². The SMILES string of the molecule is CCC(=Cc1ccoc1)CCl. The van der Waals surface area contributed by atoms with Crippen LogP contribution in [0.2, 0.25) is 0 Å². The van der Waals surface area contributed by atoms with Crippen molar-refractivity contribution < 1.29 is 4.42 Å². The third kappa shape index (κ3) is 2.43. The smallest absolute Gasteiger partial charge is 0.0974 e. The van der Waals surface area contributed by atoms with Crippen LogP contribution >= 0.6 is 11.6 Å². The summed E-state index contributed by atoms with van der Waals surface area (Å²) < 4.78 is 4.92. The molecule has 2 heteroatoms. The van der Waals surface area contributed by atoms with E-state index in [0.717, 1.165) is 12.0 Å². The minimum absolute atomic E-state index is 0.599. The lowest BCUT2D eigenvalue weighted by atomic mass is 10.2. The molecule has 1 nitrogen and oxygen atoms in total. The summed E-state index contributed by atoms with van der Waals surface area (Å²) in [6, 6.07) is 1.92. The fourth-order valence-corrected chi connectivity index (χ4v) is 1.09. The van der Waals surface area contributed by atoms with Crippen LogP contribution in [0.5, 0.6) is 0 Å². The Kier molecular flexibility index (Phi) is 3.24. The molecule has 11 heavy (non-hydrogen) atoms. The molecule has 1 aromatic heterocycles. The van der Waals surface area contributed by atoms with Gasteiger partial charge in [-0.15, -0.1) is 11.6 Å². The zero-order chi connectivity index (χ0) is 8.10. The summed E-state index contributed by atoms with van der Waals surface area (Å²) in [5, 5.41) is 0. The van der Waals surface area contributed by atoms with E-state index in [1.54, 1.807) is 12.5 Å². The van der Waals surface area contributed by atoms with E-state index >= 15 is 0 Å². The lowest BCUT2D eigenvalue weighted by molar-refractivity contribution is 0.567. The average Bonchev–Trinajstić information content (AvgIpc) is 2.52. The molecule has 0 spiro atoms. The van der Waals surface area contributed by atoms with Gasteiger partial charge in [-0.1, -0.05) is 18.6 Å². The maximum Gasteiger partial charge on any atom is 0.0974 e. The van der Waals surface area contributed by atoms with E-state index < -0.39 is 0 Å². The normalized spacial score (nSPS) is 12.0. The van der Waals surface area contributed by atoms with Crippen molar-refractivity contribution >= 4 is 17.7 Å². The minimum atomic E-state index is 0.599. The number of hydrogen-bond donors (Lipinski definition) is 0. The second-order valence-corrected chi connectivity index (χ2v) is 2.61. The van der Waals surface area contributed by atoms with Crippen LogP contribution in [-0.2, 0) is 0 Å². The first kappa shape index (κ1) is 8.41. The van der Waals surface area contributed by atoms with E-state index in [2.05, 4.69) is 13.0 Å². The molecule has 1 rings (SSSR count). The molecule has 0 unspecified atom stereocenters. The maximum absolute atomic E-state index is 5.69. The third-order valence-corrected chi connectivity index (χ3v) is 1.88. The van der Waals surface area contributed by atoms with E-state index in [0.29, 0.717) is 5.88 Å². The summed E-state index contributed by atoms with van der Waals surface area (Å²) in [5.74, 6) is 0.599. The topological polar surface area (TPSA) is 13.1 Å². The monoisotopic (exact) mass is 170 g/mol. The van der Waals surface area contributed by atoms with E-state index in [1.807, 2.05) is 6.07 Å². The van der Waals surface area contributed by atoms with Crippen LogP contribution in [0.15, 0.2) is 28.6 Å². The summed E-state index contributed by atoms with van der Waals surface area (Å²) in [6.07, 6.45) is 6.42. The molecule has 0 bridgehead atoms. The Morgan fingerprint density at radius 3 is 3.00 bits per heavy atom. The Labute approximate surface area is 71.7 Å². The molecule has 1 heterocycles. The Bertz CT molecular complexity index is 218. The van der Waals surface area contributed by atoms with Gasteiger partial charge in [0.05, 0.1) is 12.5 Å². The Morgan fingerprint density at radius 2 is 2.55 bits per heavy atom. The molecule has 0 amide bonds. The number of rotatable bonds is 3. The van der Waals surface area contributed by atoms with Crippen LogP contribution in [-0.4, -0.2) is 5.88 Å². The lowest BCUT2D eigenvalue weighted by Gasteiger charge is -1.95. The first-order valence-electron chi connectivity index (χ1n) is 3.64. The van der Waals surface area contributed by atoms with E-state index in [-0.39, 0.29) is 0 Å². The molecule has 0 atom stereocenters. The van der Waals surface area contributed by atoms with Gasteiger partial charge in [-0.25, -0.2) is 0 Å². The van der Waals surface area contributed by atoms with Crippen molar-refractivity contribution in [3.8, 4) is 0 Å².